The number of aromatic nitrogens is 2. The zero-order valence-corrected chi connectivity index (χ0v) is 33.0. The molecule has 0 amide bonds. The van der Waals surface area contributed by atoms with Gasteiger partial charge in [0, 0.05) is 52.2 Å². The number of rotatable bonds is 6. The number of hydrogen-bond donors (Lipinski definition) is 3. The summed E-state index contributed by atoms with van der Waals surface area (Å²) < 4.78 is 42.9. The van der Waals surface area contributed by atoms with E-state index < -0.39 is 131 Å². The number of pyridine rings is 2. The van der Waals surface area contributed by atoms with Crippen LogP contribution in [0.15, 0.2) is 41.5 Å². The number of nitrogens with zero attached hydrogens (tertiary/aromatic N) is 2. The molecular formula is C39H46N2O17. The van der Waals surface area contributed by atoms with Crippen LogP contribution in [0.4, 0.5) is 0 Å². The predicted octanol–water partition coefficient (Wildman–Crippen LogP) is -0.115. The fraction of sp³-hybridized carbons (Fsp3) is 0.590. The largest absolute Gasteiger partial charge is 0.465 e. The number of fused-ring (bicyclic) bond motifs is 5. The third kappa shape index (κ3) is 6.34. The van der Waals surface area contributed by atoms with Crippen molar-refractivity contribution in [2.24, 2.45) is 24.3 Å². The van der Waals surface area contributed by atoms with Gasteiger partial charge in [0.2, 0.25) is 5.56 Å². The van der Waals surface area contributed by atoms with E-state index in [1.54, 1.807) is 6.92 Å². The molecule has 4 bridgehead atoms. The SMILES string of the molecule is CC(=O)OCC12C(O)C(OC(C)=O)[C@@H]3[C@@H](OC(C)=O)[C@@]14OC3(C)COC(=O)c1cccnc1C(C)[C@@H](C)C(=O)O[C@@H](C(OC(=O)c1ccc(=O)n(C)c1)C2O)[C@]4(C)O. The molecule has 13 atom stereocenters. The molecule has 58 heavy (non-hydrogen) atoms. The summed E-state index contributed by atoms with van der Waals surface area (Å²) in [6.07, 6.45) is -10.2. The molecule has 314 valence electrons. The standard InChI is InChI=1S/C39H46N2O17/c1-17-18(2)33(48)57-32-28(56-34(49)22-11-12-24(45)41(8)14-22)30(47)38(16-52-19(3)42)29(46)27(54-20(4)43)25-31(55-21(5)44)39(38,37(32,7)51)58-36(25,6)15-53-35(50)23-10-9-13-40-26(17)23/h9-14,17-18,25,27-32,46-47,51H,15-16H2,1-8H3/t17?,18-,25-,27?,28?,29?,30?,31-,32+,36?,37+,38?,39+/m1/s1. The van der Waals surface area contributed by atoms with E-state index in [1.807, 2.05) is 0 Å². The molecule has 2 aromatic heterocycles. The molecule has 6 rings (SSSR count). The molecule has 7 unspecified atom stereocenters. The smallest absolute Gasteiger partial charge is 0.340 e. The second-order valence-electron chi connectivity index (χ2n) is 15.8. The zero-order chi connectivity index (χ0) is 42.9. The maximum atomic E-state index is 14.3. The fourth-order valence-electron chi connectivity index (χ4n) is 9.32. The van der Waals surface area contributed by atoms with Crippen LogP contribution in [0.25, 0.3) is 0 Å². The Bertz CT molecular complexity index is 2100. The van der Waals surface area contributed by atoms with E-state index in [-0.39, 0.29) is 16.8 Å². The highest BCUT2D eigenvalue weighted by atomic mass is 16.7. The lowest BCUT2D eigenvalue weighted by atomic mass is 9.45. The molecule has 0 radical (unpaired) electrons. The lowest BCUT2D eigenvalue weighted by Gasteiger charge is -2.67. The molecule has 0 aromatic carbocycles. The zero-order valence-electron chi connectivity index (χ0n) is 33.0. The van der Waals surface area contributed by atoms with Gasteiger partial charge in [-0.15, -0.1) is 0 Å². The Balaban J connectivity index is 1.69. The van der Waals surface area contributed by atoms with Gasteiger partial charge in [0.25, 0.3) is 0 Å². The van der Waals surface area contributed by atoms with Crippen molar-refractivity contribution in [2.75, 3.05) is 13.2 Å². The number of aliphatic hydroxyl groups is 3. The lowest BCUT2D eigenvalue weighted by Crippen LogP contribution is -2.88. The first kappa shape index (κ1) is 42.4. The topological polar surface area (TPSA) is 263 Å². The maximum absolute atomic E-state index is 14.3. The lowest BCUT2D eigenvalue weighted by molar-refractivity contribution is -0.385. The van der Waals surface area contributed by atoms with Gasteiger partial charge in [-0.25, -0.2) is 9.59 Å². The van der Waals surface area contributed by atoms with Gasteiger partial charge < -0.3 is 53.0 Å². The average Bonchev–Trinajstić information content (AvgIpc) is 3.37. The van der Waals surface area contributed by atoms with E-state index in [0.29, 0.717) is 0 Å². The van der Waals surface area contributed by atoms with E-state index in [2.05, 4.69) is 4.98 Å². The predicted molar refractivity (Wildman–Crippen MR) is 191 cm³/mol. The highest BCUT2D eigenvalue weighted by molar-refractivity contribution is 5.91. The van der Waals surface area contributed by atoms with Crippen molar-refractivity contribution >= 4 is 35.8 Å². The number of ether oxygens (including phenoxy) is 7. The van der Waals surface area contributed by atoms with Gasteiger partial charge in [-0.2, -0.15) is 0 Å². The second-order valence-corrected chi connectivity index (χ2v) is 15.8. The van der Waals surface area contributed by atoms with E-state index in [4.69, 9.17) is 33.2 Å². The maximum Gasteiger partial charge on any atom is 0.340 e. The Morgan fingerprint density at radius 1 is 0.914 bits per heavy atom. The normalized spacial score (nSPS) is 37.9. The summed E-state index contributed by atoms with van der Waals surface area (Å²) in [6.45, 7) is 6.64. The third-order valence-electron chi connectivity index (χ3n) is 12.2. The monoisotopic (exact) mass is 814 g/mol. The molecule has 2 aliphatic heterocycles. The first-order valence-electron chi connectivity index (χ1n) is 18.5. The Labute approximate surface area is 331 Å². The summed E-state index contributed by atoms with van der Waals surface area (Å²) in [7, 11) is 1.36. The molecule has 2 saturated carbocycles. The molecule has 3 fully saturated rings. The minimum Gasteiger partial charge on any atom is -0.465 e. The number of hydrogen-bond acceptors (Lipinski definition) is 18. The van der Waals surface area contributed by atoms with Gasteiger partial charge in [0.15, 0.2) is 17.8 Å². The second kappa shape index (κ2) is 14.9. The van der Waals surface area contributed by atoms with E-state index in [9.17, 15) is 48.9 Å². The fourth-order valence-corrected chi connectivity index (χ4v) is 9.32. The molecule has 3 N–H and O–H groups in total. The van der Waals surface area contributed by atoms with Crippen LogP contribution in [0.3, 0.4) is 0 Å². The van der Waals surface area contributed by atoms with Gasteiger partial charge in [-0.1, -0.05) is 13.8 Å². The Kier molecular flexibility index (Phi) is 10.8. The highest BCUT2D eigenvalue weighted by Crippen LogP contribution is 2.69. The summed E-state index contributed by atoms with van der Waals surface area (Å²) >= 11 is 0. The van der Waals surface area contributed by atoms with Crippen LogP contribution in [-0.4, -0.2) is 127 Å². The Morgan fingerprint density at radius 2 is 1.57 bits per heavy atom. The molecule has 4 heterocycles. The van der Waals surface area contributed by atoms with E-state index >= 15 is 0 Å². The molecule has 2 aliphatic carbocycles. The van der Waals surface area contributed by atoms with E-state index in [0.717, 1.165) is 50.6 Å². The average molecular weight is 815 g/mol. The van der Waals surface area contributed by atoms with Gasteiger partial charge in [-0.05, 0) is 32.0 Å². The molecule has 2 aromatic rings. The van der Waals surface area contributed by atoms with Crippen LogP contribution >= 0.6 is 0 Å². The molecule has 4 aliphatic rings. The molecular weight excluding hydrogens is 768 g/mol. The van der Waals surface area contributed by atoms with Crippen LogP contribution in [0.2, 0.25) is 0 Å². The van der Waals surface area contributed by atoms with Crippen molar-refractivity contribution < 1.29 is 77.2 Å². The van der Waals surface area contributed by atoms with Gasteiger partial charge in [0.1, 0.15) is 48.8 Å². The molecule has 19 heteroatoms. The highest BCUT2D eigenvalue weighted by Gasteiger charge is 2.90. The summed E-state index contributed by atoms with van der Waals surface area (Å²) in [4.78, 5) is 97.3. The van der Waals surface area contributed by atoms with Crippen LogP contribution in [0.1, 0.15) is 80.8 Å². The van der Waals surface area contributed by atoms with Gasteiger partial charge in [-0.3, -0.25) is 29.0 Å². The number of aryl methyl sites for hydroxylation is 1. The van der Waals surface area contributed by atoms with Gasteiger partial charge >= 0.3 is 35.8 Å². The van der Waals surface area contributed by atoms with Crippen molar-refractivity contribution in [3.05, 3.63) is 63.8 Å². The summed E-state index contributed by atoms with van der Waals surface area (Å²) in [5.41, 5.74) is -10.9. The van der Waals surface area contributed by atoms with Crippen molar-refractivity contribution in [3.63, 3.8) is 0 Å². The van der Waals surface area contributed by atoms with Crippen molar-refractivity contribution in [2.45, 2.75) is 108 Å². The summed E-state index contributed by atoms with van der Waals surface area (Å²) in [5.74, 6) is -9.73. The number of esters is 6. The van der Waals surface area contributed by atoms with Crippen LogP contribution in [0.5, 0.6) is 0 Å². The quantitative estimate of drug-likeness (QED) is 0.254. The van der Waals surface area contributed by atoms with Crippen LogP contribution < -0.4 is 5.56 Å². The number of carbonyl (C=O) groups is 6. The third-order valence-corrected chi connectivity index (χ3v) is 12.2. The number of aliphatic hydroxyl groups excluding tert-OH is 2. The Morgan fingerprint density at radius 3 is 2.19 bits per heavy atom. The molecule has 19 nitrogen and oxygen atoms in total. The summed E-state index contributed by atoms with van der Waals surface area (Å²) in [6, 6.07) is 5.08. The van der Waals surface area contributed by atoms with Crippen LogP contribution in [0, 0.1) is 17.3 Å². The van der Waals surface area contributed by atoms with Crippen molar-refractivity contribution in [1.29, 1.82) is 0 Å². The minimum absolute atomic E-state index is 0.0431. The van der Waals surface area contributed by atoms with Crippen LogP contribution in [-0.2, 0) is 59.4 Å². The minimum atomic E-state index is -2.85. The van der Waals surface area contributed by atoms with Crippen molar-refractivity contribution in [3.8, 4) is 0 Å². The van der Waals surface area contributed by atoms with Crippen molar-refractivity contribution in [1.82, 2.24) is 9.55 Å². The Hall–Kier alpha value is -5.24. The summed E-state index contributed by atoms with van der Waals surface area (Å²) in [5, 5.41) is 38.8. The van der Waals surface area contributed by atoms with E-state index in [1.165, 1.54) is 39.2 Å². The first-order chi connectivity index (χ1) is 27.0. The number of carbonyl (C=O) groups excluding carboxylic acids is 6. The van der Waals surface area contributed by atoms with Gasteiger partial charge in [0.05, 0.1) is 34.1 Å². The molecule has 1 saturated heterocycles. The number of cyclic esters (lactones) is 1. The molecule has 1 spiro atoms. The first-order valence-corrected chi connectivity index (χ1v) is 18.5.